The maximum atomic E-state index is 5.94. The minimum absolute atomic E-state index is 0.485. The summed E-state index contributed by atoms with van der Waals surface area (Å²) in [6.07, 6.45) is 1.77. The first kappa shape index (κ1) is 18.5. The van der Waals surface area contributed by atoms with Crippen molar-refractivity contribution in [2.75, 3.05) is 12.5 Å². The molecule has 0 amide bonds. The Labute approximate surface area is 160 Å². The van der Waals surface area contributed by atoms with Crippen LogP contribution < -0.4 is 14.9 Å². The summed E-state index contributed by atoms with van der Waals surface area (Å²) >= 11 is 0. The molecule has 3 aromatic carbocycles. The number of methoxy groups -OCH3 is 1. The molecule has 3 aromatic rings. The maximum absolute atomic E-state index is 5.94. The number of hydrogen-bond donors (Lipinski definition) is 1. The molecule has 0 fully saturated rings. The van der Waals surface area contributed by atoms with Gasteiger partial charge in [-0.1, -0.05) is 48.0 Å². The molecule has 4 nitrogen and oxygen atoms in total. The zero-order chi connectivity index (χ0) is 19.1. The SMILES string of the molecule is COc1ccc(/C=N/Nc2ccc(C)cc2C)cc1OCc1ccccc1. The predicted molar refractivity (Wildman–Crippen MR) is 111 cm³/mol. The first-order chi connectivity index (χ1) is 13.2. The van der Waals surface area contributed by atoms with Crippen molar-refractivity contribution in [3.63, 3.8) is 0 Å². The summed E-state index contributed by atoms with van der Waals surface area (Å²) in [4.78, 5) is 0. The fourth-order valence-electron chi connectivity index (χ4n) is 2.74. The molecule has 27 heavy (non-hydrogen) atoms. The average molecular weight is 360 g/mol. The second kappa shape index (κ2) is 8.90. The quantitative estimate of drug-likeness (QED) is 0.457. The Morgan fingerprint density at radius 1 is 0.926 bits per heavy atom. The number of ether oxygens (including phenoxy) is 2. The van der Waals surface area contributed by atoms with Gasteiger partial charge in [0.2, 0.25) is 0 Å². The van der Waals surface area contributed by atoms with E-state index < -0.39 is 0 Å². The van der Waals surface area contributed by atoms with Crippen molar-refractivity contribution in [2.24, 2.45) is 5.10 Å². The number of nitrogens with zero attached hydrogens (tertiary/aromatic N) is 1. The van der Waals surface area contributed by atoms with Gasteiger partial charge >= 0.3 is 0 Å². The number of rotatable bonds is 7. The van der Waals surface area contributed by atoms with Crippen molar-refractivity contribution in [1.82, 2.24) is 0 Å². The lowest BCUT2D eigenvalue weighted by Gasteiger charge is -2.11. The van der Waals surface area contributed by atoms with Gasteiger partial charge in [0.05, 0.1) is 19.0 Å². The molecule has 0 aromatic heterocycles. The lowest BCUT2D eigenvalue weighted by molar-refractivity contribution is 0.284. The minimum Gasteiger partial charge on any atom is -0.493 e. The molecular formula is C23H24N2O2. The van der Waals surface area contributed by atoms with E-state index >= 15 is 0 Å². The van der Waals surface area contributed by atoms with Crippen molar-refractivity contribution in [1.29, 1.82) is 0 Å². The van der Waals surface area contributed by atoms with Gasteiger partial charge in [0.25, 0.3) is 0 Å². The van der Waals surface area contributed by atoms with Gasteiger partial charge in [0.1, 0.15) is 6.61 Å². The van der Waals surface area contributed by atoms with E-state index in [1.54, 1.807) is 13.3 Å². The third-order valence-corrected chi connectivity index (χ3v) is 4.21. The van der Waals surface area contributed by atoms with Crippen molar-refractivity contribution in [2.45, 2.75) is 20.5 Å². The van der Waals surface area contributed by atoms with Gasteiger partial charge in [0, 0.05) is 0 Å². The summed E-state index contributed by atoms with van der Waals surface area (Å²) in [6, 6.07) is 22.0. The van der Waals surface area contributed by atoms with E-state index in [4.69, 9.17) is 9.47 Å². The van der Waals surface area contributed by atoms with Crippen molar-refractivity contribution in [3.05, 3.63) is 89.0 Å². The van der Waals surface area contributed by atoms with Crippen LogP contribution in [-0.4, -0.2) is 13.3 Å². The van der Waals surface area contributed by atoms with Crippen molar-refractivity contribution >= 4 is 11.9 Å². The van der Waals surface area contributed by atoms with E-state index in [-0.39, 0.29) is 0 Å². The first-order valence-electron chi connectivity index (χ1n) is 8.87. The second-order valence-corrected chi connectivity index (χ2v) is 6.37. The average Bonchev–Trinajstić information content (AvgIpc) is 2.69. The van der Waals surface area contributed by atoms with Crippen LogP contribution in [0, 0.1) is 13.8 Å². The number of nitrogens with one attached hydrogen (secondary N) is 1. The van der Waals surface area contributed by atoms with Gasteiger partial charge in [-0.15, -0.1) is 0 Å². The minimum atomic E-state index is 0.485. The van der Waals surface area contributed by atoms with Crippen LogP contribution in [0.4, 0.5) is 5.69 Å². The summed E-state index contributed by atoms with van der Waals surface area (Å²) in [5, 5.41) is 4.35. The zero-order valence-electron chi connectivity index (χ0n) is 15.9. The van der Waals surface area contributed by atoms with Gasteiger partial charge in [-0.25, -0.2) is 0 Å². The number of hydrazone groups is 1. The Bertz CT molecular complexity index is 921. The van der Waals surface area contributed by atoms with Crippen LogP contribution in [0.3, 0.4) is 0 Å². The summed E-state index contributed by atoms with van der Waals surface area (Å²) in [6.45, 7) is 4.63. The third kappa shape index (κ3) is 5.11. The highest BCUT2D eigenvalue weighted by atomic mass is 16.5. The Morgan fingerprint density at radius 2 is 1.74 bits per heavy atom. The highest BCUT2D eigenvalue weighted by Crippen LogP contribution is 2.28. The molecule has 0 spiro atoms. The smallest absolute Gasteiger partial charge is 0.162 e. The largest absolute Gasteiger partial charge is 0.493 e. The number of aryl methyl sites for hydroxylation is 2. The van der Waals surface area contributed by atoms with E-state index in [0.29, 0.717) is 18.1 Å². The molecule has 4 heteroatoms. The molecular weight excluding hydrogens is 336 g/mol. The van der Waals surface area contributed by atoms with Crippen LogP contribution in [-0.2, 0) is 6.61 Å². The van der Waals surface area contributed by atoms with Gasteiger partial charge in [0.15, 0.2) is 11.5 Å². The van der Waals surface area contributed by atoms with Crippen LogP contribution >= 0.6 is 0 Å². The van der Waals surface area contributed by atoms with E-state index in [9.17, 15) is 0 Å². The normalized spacial score (nSPS) is 10.8. The fourth-order valence-corrected chi connectivity index (χ4v) is 2.74. The molecule has 0 saturated carbocycles. The van der Waals surface area contributed by atoms with Gasteiger partial charge in [-0.05, 0) is 54.8 Å². The fraction of sp³-hybridized carbons (Fsp3) is 0.174. The monoisotopic (exact) mass is 360 g/mol. The van der Waals surface area contributed by atoms with E-state index in [1.165, 1.54) is 5.56 Å². The second-order valence-electron chi connectivity index (χ2n) is 6.37. The summed E-state index contributed by atoms with van der Waals surface area (Å²) in [5.74, 6) is 1.39. The Kier molecular flexibility index (Phi) is 6.10. The van der Waals surface area contributed by atoms with Gasteiger partial charge < -0.3 is 9.47 Å². The first-order valence-corrected chi connectivity index (χ1v) is 8.87. The zero-order valence-corrected chi connectivity index (χ0v) is 15.9. The third-order valence-electron chi connectivity index (χ3n) is 4.21. The number of hydrogen-bond acceptors (Lipinski definition) is 4. The topological polar surface area (TPSA) is 42.8 Å². The molecule has 3 rings (SSSR count). The summed E-state index contributed by atoms with van der Waals surface area (Å²) in [7, 11) is 1.64. The molecule has 0 unspecified atom stereocenters. The summed E-state index contributed by atoms with van der Waals surface area (Å²) < 4.78 is 11.3. The van der Waals surface area contributed by atoms with E-state index in [0.717, 1.165) is 22.4 Å². The maximum Gasteiger partial charge on any atom is 0.162 e. The van der Waals surface area contributed by atoms with Crippen LogP contribution in [0.1, 0.15) is 22.3 Å². The Balaban J connectivity index is 1.70. The molecule has 0 aliphatic rings. The predicted octanol–water partition coefficient (Wildman–Crippen LogP) is 5.34. The summed E-state index contributed by atoms with van der Waals surface area (Å²) in [5.41, 5.74) is 8.51. The van der Waals surface area contributed by atoms with E-state index in [2.05, 4.69) is 36.5 Å². The highest BCUT2D eigenvalue weighted by molar-refractivity contribution is 5.81. The molecule has 0 atom stereocenters. The van der Waals surface area contributed by atoms with Crippen LogP contribution in [0.15, 0.2) is 71.8 Å². The van der Waals surface area contributed by atoms with Crippen molar-refractivity contribution in [3.8, 4) is 11.5 Å². The van der Waals surface area contributed by atoms with Crippen LogP contribution in [0.2, 0.25) is 0 Å². The van der Waals surface area contributed by atoms with Crippen molar-refractivity contribution < 1.29 is 9.47 Å². The number of benzene rings is 3. The molecule has 0 aliphatic carbocycles. The van der Waals surface area contributed by atoms with E-state index in [1.807, 2.05) is 54.6 Å². The Hall–Kier alpha value is -3.27. The molecule has 0 radical (unpaired) electrons. The van der Waals surface area contributed by atoms with Gasteiger partial charge in [-0.2, -0.15) is 5.10 Å². The van der Waals surface area contributed by atoms with Crippen LogP contribution in [0.5, 0.6) is 11.5 Å². The van der Waals surface area contributed by atoms with Crippen LogP contribution in [0.25, 0.3) is 0 Å². The molecule has 138 valence electrons. The van der Waals surface area contributed by atoms with Gasteiger partial charge in [-0.3, -0.25) is 5.43 Å². The lowest BCUT2D eigenvalue weighted by Crippen LogP contribution is -1.99. The number of anilines is 1. The highest BCUT2D eigenvalue weighted by Gasteiger charge is 2.06. The molecule has 1 N–H and O–H groups in total. The Morgan fingerprint density at radius 3 is 2.48 bits per heavy atom. The standard InChI is InChI=1S/C23H24N2O2/c1-17-9-11-21(18(2)13-17)25-24-15-20-10-12-22(26-3)23(14-20)27-16-19-7-5-4-6-8-19/h4-15,25H,16H2,1-3H3/b24-15+. The lowest BCUT2D eigenvalue weighted by atomic mass is 10.1. The molecule has 0 aliphatic heterocycles. The molecule has 0 saturated heterocycles. The molecule has 0 bridgehead atoms. The molecule has 0 heterocycles.